The minimum atomic E-state index is 0.0618. The molecule has 5 heteroatoms. The minimum absolute atomic E-state index is 0.0618. The van der Waals surface area contributed by atoms with E-state index in [0.29, 0.717) is 5.75 Å². The van der Waals surface area contributed by atoms with E-state index < -0.39 is 0 Å². The number of carbonyl (C=O) groups is 1. The second kappa shape index (κ2) is 9.97. The molecule has 0 atom stereocenters. The van der Waals surface area contributed by atoms with E-state index in [4.69, 9.17) is 9.47 Å². The number of nitrogens with zero attached hydrogens (tertiary/aromatic N) is 1. The third-order valence-electron chi connectivity index (χ3n) is 4.95. The lowest BCUT2D eigenvalue weighted by molar-refractivity contribution is -0.121. The Bertz CT molecular complexity index is 713. The van der Waals surface area contributed by atoms with Gasteiger partial charge < -0.3 is 19.7 Å². The van der Waals surface area contributed by atoms with Crippen molar-refractivity contribution in [2.24, 2.45) is 5.92 Å². The van der Waals surface area contributed by atoms with Crippen molar-refractivity contribution in [2.75, 3.05) is 38.7 Å². The van der Waals surface area contributed by atoms with Crippen molar-refractivity contribution in [1.82, 2.24) is 4.90 Å². The summed E-state index contributed by atoms with van der Waals surface area (Å²) in [5.74, 6) is 1.77. The zero-order valence-corrected chi connectivity index (χ0v) is 15.9. The van der Waals surface area contributed by atoms with Crippen LogP contribution in [0.15, 0.2) is 54.6 Å². The molecule has 0 radical (unpaired) electrons. The van der Waals surface area contributed by atoms with Crippen LogP contribution in [0.2, 0.25) is 0 Å². The van der Waals surface area contributed by atoms with Gasteiger partial charge in [0.05, 0.1) is 19.4 Å². The molecule has 0 unspecified atom stereocenters. The van der Waals surface area contributed by atoms with Crippen molar-refractivity contribution in [3.05, 3.63) is 54.6 Å². The summed E-state index contributed by atoms with van der Waals surface area (Å²) in [6.07, 6.45) is 2.77. The highest BCUT2D eigenvalue weighted by Gasteiger charge is 2.25. The van der Waals surface area contributed by atoms with Crippen molar-refractivity contribution in [3.8, 4) is 11.5 Å². The number of benzene rings is 2. The van der Waals surface area contributed by atoms with Crippen molar-refractivity contribution >= 4 is 11.6 Å². The van der Waals surface area contributed by atoms with Gasteiger partial charge in [0, 0.05) is 12.5 Å². The second-order valence-corrected chi connectivity index (χ2v) is 6.82. The van der Waals surface area contributed by atoms with E-state index in [1.165, 1.54) is 0 Å². The number of rotatable bonds is 8. The van der Waals surface area contributed by atoms with Crippen LogP contribution in [0, 0.1) is 5.92 Å². The highest BCUT2D eigenvalue weighted by atomic mass is 16.5. The van der Waals surface area contributed by atoms with Gasteiger partial charge in [0.1, 0.15) is 11.5 Å². The lowest BCUT2D eigenvalue weighted by atomic mass is 9.95. The van der Waals surface area contributed by atoms with Crippen LogP contribution < -0.4 is 14.8 Å². The Morgan fingerprint density at radius 1 is 1.07 bits per heavy atom. The maximum atomic E-state index is 12.6. The summed E-state index contributed by atoms with van der Waals surface area (Å²) >= 11 is 0. The molecule has 27 heavy (non-hydrogen) atoms. The van der Waals surface area contributed by atoms with Crippen LogP contribution in [0.3, 0.4) is 0 Å². The number of amides is 1. The van der Waals surface area contributed by atoms with E-state index in [-0.39, 0.29) is 11.8 Å². The first-order valence-corrected chi connectivity index (χ1v) is 9.60. The van der Waals surface area contributed by atoms with Gasteiger partial charge in [0.15, 0.2) is 0 Å². The van der Waals surface area contributed by atoms with Gasteiger partial charge in [-0.2, -0.15) is 0 Å². The molecule has 0 aliphatic carbocycles. The van der Waals surface area contributed by atoms with Crippen LogP contribution in [0.25, 0.3) is 0 Å². The highest BCUT2D eigenvalue weighted by molar-refractivity contribution is 5.94. The predicted molar refractivity (Wildman–Crippen MR) is 107 cm³/mol. The summed E-state index contributed by atoms with van der Waals surface area (Å²) < 4.78 is 11.0. The first kappa shape index (κ1) is 19.2. The van der Waals surface area contributed by atoms with E-state index >= 15 is 0 Å². The summed E-state index contributed by atoms with van der Waals surface area (Å²) in [6, 6.07) is 17.4. The molecule has 1 fully saturated rings. The fourth-order valence-corrected chi connectivity index (χ4v) is 3.40. The molecule has 1 heterocycles. The quantitative estimate of drug-likeness (QED) is 0.720. The molecule has 1 aliphatic heterocycles. The highest BCUT2D eigenvalue weighted by Crippen LogP contribution is 2.25. The van der Waals surface area contributed by atoms with Gasteiger partial charge in [-0.3, -0.25) is 4.79 Å². The summed E-state index contributed by atoms with van der Waals surface area (Å²) in [6.45, 7) is 3.64. The monoisotopic (exact) mass is 368 g/mol. The third-order valence-corrected chi connectivity index (χ3v) is 4.95. The van der Waals surface area contributed by atoms with Gasteiger partial charge in [0.25, 0.3) is 0 Å². The number of likely N-dealkylation sites (tertiary alicyclic amines) is 1. The number of hydrogen-bond acceptors (Lipinski definition) is 4. The number of hydrogen-bond donors (Lipinski definition) is 1. The van der Waals surface area contributed by atoms with Crippen molar-refractivity contribution in [3.63, 3.8) is 0 Å². The molecule has 2 aromatic carbocycles. The van der Waals surface area contributed by atoms with E-state index in [1.807, 2.05) is 54.6 Å². The second-order valence-electron chi connectivity index (χ2n) is 6.82. The first-order valence-electron chi connectivity index (χ1n) is 9.60. The Morgan fingerprint density at radius 2 is 1.78 bits per heavy atom. The van der Waals surface area contributed by atoms with Crippen LogP contribution in [0.5, 0.6) is 11.5 Å². The number of para-hydroxylation sites is 3. The molecule has 1 aliphatic rings. The Labute approximate surface area is 161 Å². The molecule has 1 saturated heterocycles. The number of methoxy groups -OCH3 is 1. The Morgan fingerprint density at radius 3 is 2.52 bits per heavy atom. The average Bonchev–Trinajstić information content (AvgIpc) is 2.73. The maximum absolute atomic E-state index is 12.6. The Balaban J connectivity index is 1.36. The van der Waals surface area contributed by atoms with Crippen LogP contribution >= 0.6 is 0 Å². The van der Waals surface area contributed by atoms with Gasteiger partial charge in [-0.1, -0.05) is 30.3 Å². The number of anilines is 1. The van der Waals surface area contributed by atoms with E-state index in [9.17, 15) is 4.79 Å². The molecule has 1 N–H and O–H groups in total. The molecule has 0 spiro atoms. The summed E-state index contributed by atoms with van der Waals surface area (Å²) in [5.41, 5.74) is 0.741. The van der Waals surface area contributed by atoms with E-state index in [0.717, 1.165) is 56.9 Å². The normalized spacial score (nSPS) is 15.3. The molecule has 1 amide bonds. The van der Waals surface area contributed by atoms with Crippen LogP contribution in [0.1, 0.15) is 19.3 Å². The van der Waals surface area contributed by atoms with Gasteiger partial charge in [-0.05, 0) is 56.6 Å². The average molecular weight is 368 g/mol. The fraction of sp³-hybridized carbons (Fsp3) is 0.409. The lowest BCUT2D eigenvalue weighted by Crippen LogP contribution is -2.38. The summed E-state index contributed by atoms with van der Waals surface area (Å²) in [4.78, 5) is 15.0. The lowest BCUT2D eigenvalue weighted by Gasteiger charge is -2.31. The van der Waals surface area contributed by atoms with Gasteiger partial charge in [0.2, 0.25) is 5.91 Å². The number of piperidine rings is 1. The maximum Gasteiger partial charge on any atom is 0.227 e. The van der Waals surface area contributed by atoms with E-state index in [1.54, 1.807) is 7.11 Å². The van der Waals surface area contributed by atoms with Crippen LogP contribution in [-0.2, 0) is 4.79 Å². The van der Waals surface area contributed by atoms with Gasteiger partial charge in [-0.25, -0.2) is 0 Å². The Hall–Kier alpha value is -2.53. The largest absolute Gasteiger partial charge is 0.495 e. The van der Waals surface area contributed by atoms with Crippen molar-refractivity contribution < 1.29 is 14.3 Å². The predicted octanol–water partition coefficient (Wildman–Crippen LogP) is 3.81. The fourth-order valence-electron chi connectivity index (χ4n) is 3.40. The molecule has 0 bridgehead atoms. The smallest absolute Gasteiger partial charge is 0.227 e. The Kier molecular flexibility index (Phi) is 7.11. The molecule has 2 aromatic rings. The molecular weight excluding hydrogens is 340 g/mol. The number of nitrogens with one attached hydrogen (secondary N) is 1. The third kappa shape index (κ3) is 5.73. The molecular formula is C22H28N2O3. The standard InChI is InChI=1S/C22H28N2O3/c1-26-21-11-6-5-10-20(21)23-22(25)18-12-15-24(16-13-18)14-7-17-27-19-8-3-2-4-9-19/h2-6,8-11,18H,7,12-17H2,1H3,(H,23,25). The summed E-state index contributed by atoms with van der Waals surface area (Å²) in [5, 5.41) is 3.01. The summed E-state index contributed by atoms with van der Waals surface area (Å²) in [7, 11) is 1.62. The SMILES string of the molecule is COc1ccccc1NC(=O)C1CCN(CCCOc2ccccc2)CC1. The van der Waals surface area contributed by atoms with Crippen molar-refractivity contribution in [1.29, 1.82) is 0 Å². The zero-order valence-electron chi connectivity index (χ0n) is 15.9. The number of ether oxygens (including phenoxy) is 2. The number of carbonyl (C=O) groups excluding carboxylic acids is 1. The topological polar surface area (TPSA) is 50.8 Å². The molecule has 0 saturated carbocycles. The zero-order chi connectivity index (χ0) is 18.9. The van der Waals surface area contributed by atoms with Gasteiger partial charge in [-0.15, -0.1) is 0 Å². The molecule has 3 rings (SSSR count). The van der Waals surface area contributed by atoms with Crippen LogP contribution in [-0.4, -0.2) is 44.2 Å². The first-order chi connectivity index (χ1) is 13.3. The minimum Gasteiger partial charge on any atom is -0.495 e. The molecule has 0 aromatic heterocycles. The molecule has 144 valence electrons. The van der Waals surface area contributed by atoms with Crippen molar-refractivity contribution in [2.45, 2.75) is 19.3 Å². The van der Waals surface area contributed by atoms with E-state index in [2.05, 4.69) is 10.2 Å². The van der Waals surface area contributed by atoms with Crippen LogP contribution in [0.4, 0.5) is 5.69 Å². The van der Waals surface area contributed by atoms with Gasteiger partial charge >= 0.3 is 0 Å². The molecule has 5 nitrogen and oxygen atoms in total.